The van der Waals surface area contributed by atoms with Gasteiger partial charge in [0.05, 0.1) is 5.56 Å². The molecule has 1 atom stereocenters. The number of aromatic carboxylic acids is 1. The molecule has 0 saturated heterocycles. The third-order valence-corrected chi connectivity index (χ3v) is 8.52. The van der Waals surface area contributed by atoms with Crippen LogP contribution in [0.15, 0.2) is 84.5 Å². The maximum atomic E-state index is 13.9. The van der Waals surface area contributed by atoms with Gasteiger partial charge in [0.2, 0.25) is 0 Å². The molecule has 1 aliphatic heterocycles. The lowest BCUT2D eigenvalue weighted by Gasteiger charge is -2.50. The number of fused-ring (bicyclic) bond motifs is 4. The first-order valence-electron chi connectivity index (χ1n) is 12.9. The minimum atomic E-state index is -0.933. The van der Waals surface area contributed by atoms with Crippen molar-refractivity contribution in [3.63, 3.8) is 0 Å². The maximum absolute atomic E-state index is 13.9. The summed E-state index contributed by atoms with van der Waals surface area (Å²) in [6, 6.07) is 20.0. The molecule has 5 nitrogen and oxygen atoms in total. The van der Waals surface area contributed by atoms with E-state index < -0.39 is 5.97 Å². The van der Waals surface area contributed by atoms with Crippen LogP contribution in [0.5, 0.6) is 0 Å². The molecule has 1 heterocycles. The highest BCUT2D eigenvalue weighted by atomic mass is 16.4. The van der Waals surface area contributed by atoms with Gasteiger partial charge in [0.15, 0.2) is 5.78 Å². The number of hydrogen-bond donors (Lipinski definition) is 1. The van der Waals surface area contributed by atoms with E-state index in [1.54, 1.807) is 18.2 Å². The molecule has 3 aromatic carbocycles. The van der Waals surface area contributed by atoms with Crippen molar-refractivity contribution in [2.75, 3.05) is 13.1 Å². The number of hydrogen-bond acceptors (Lipinski definition) is 3. The minimum absolute atomic E-state index is 0.0267. The highest BCUT2D eigenvalue weighted by Gasteiger charge is 2.46. The van der Waals surface area contributed by atoms with Crippen molar-refractivity contribution in [2.24, 2.45) is 10.8 Å². The first kappa shape index (κ1) is 24.1. The molecule has 3 aliphatic rings. The highest BCUT2D eigenvalue weighted by Crippen LogP contribution is 2.55. The predicted octanol–water partition coefficient (Wildman–Crippen LogP) is 6.50. The Balaban J connectivity index is 1.32. The van der Waals surface area contributed by atoms with Crippen molar-refractivity contribution >= 4 is 23.2 Å². The van der Waals surface area contributed by atoms with Gasteiger partial charge < -0.3 is 10.0 Å². The molecule has 1 amide bonds. The Kier molecular flexibility index (Phi) is 5.32. The predicted molar refractivity (Wildman–Crippen MR) is 147 cm³/mol. The lowest BCUT2D eigenvalue weighted by atomic mass is 9.58. The van der Waals surface area contributed by atoms with Gasteiger partial charge in [0.25, 0.3) is 5.91 Å². The zero-order valence-corrected chi connectivity index (χ0v) is 21.7. The summed E-state index contributed by atoms with van der Waals surface area (Å²) in [5, 5.41) is 9.27. The number of allylic oxidation sites excluding steroid dienone is 2. The first-order valence-corrected chi connectivity index (χ1v) is 12.9. The number of benzene rings is 3. The lowest BCUT2D eigenvalue weighted by Crippen LogP contribution is -2.48. The molecule has 0 bridgehead atoms. The van der Waals surface area contributed by atoms with Crippen molar-refractivity contribution in [1.29, 1.82) is 0 Å². The van der Waals surface area contributed by atoms with Crippen molar-refractivity contribution < 1.29 is 19.5 Å². The summed E-state index contributed by atoms with van der Waals surface area (Å²) in [6.07, 6.45) is 5.22. The Morgan fingerprint density at radius 2 is 1.53 bits per heavy atom. The molecule has 1 N–H and O–H groups in total. The van der Waals surface area contributed by atoms with Gasteiger partial charge in [-0.3, -0.25) is 9.59 Å². The molecule has 190 valence electrons. The van der Waals surface area contributed by atoms with E-state index in [2.05, 4.69) is 32.9 Å². The topological polar surface area (TPSA) is 74.7 Å². The van der Waals surface area contributed by atoms with Gasteiger partial charge >= 0.3 is 5.97 Å². The third kappa shape index (κ3) is 3.49. The summed E-state index contributed by atoms with van der Waals surface area (Å²) >= 11 is 0. The van der Waals surface area contributed by atoms with Gasteiger partial charge in [-0.25, -0.2) is 4.79 Å². The van der Waals surface area contributed by atoms with Gasteiger partial charge in [0.1, 0.15) is 0 Å². The average molecular weight is 504 g/mol. The molecule has 0 spiro atoms. The van der Waals surface area contributed by atoms with Crippen LogP contribution in [-0.2, 0) is 0 Å². The molecule has 38 heavy (non-hydrogen) atoms. The first-order chi connectivity index (χ1) is 18.1. The molecular formula is C33H29NO4. The molecule has 5 heteroatoms. The molecule has 0 unspecified atom stereocenters. The van der Waals surface area contributed by atoms with E-state index >= 15 is 0 Å². The lowest BCUT2D eigenvalue weighted by molar-refractivity contribution is 0.0679. The molecule has 0 saturated carbocycles. The van der Waals surface area contributed by atoms with E-state index in [-0.39, 0.29) is 28.1 Å². The minimum Gasteiger partial charge on any atom is -0.478 e. The Morgan fingerprint density at radius 3 is 2.24 bits per heavy atom. The maximum Gasteiger partial charge on any atom is 0.335 e. The monoisotopic (exact) mass is 503 g/mol. The fourth-order valence-corrected chi connectivity index (χ4v) is 6.78. The second-order valence-corrected chi connectivity index (χ2v) is 11.3. The molecular weight excluding hydrogens is 474 g/mol. The average Bonchev–Trinajstić information content (AvgIpc) is 3.20. The van der Waals surface area contributed by atoms with Crippen molar-refractivity contribution in [1.82, 2.24) is 4.90 Å². The number of carboxylic acid groups (broad SMARTS) is 1. The second kappa shape index (κ2) is 8.38. The number of amides is 1. The highest BCUT2D eigenvalue weighted by molar-refractivity contribution is 6.24. The molecule has 0 aromatic heterocycles. The fraction of sp³-hybridized carbons (Fsp3) is 0.242. The summed E-state index contributed by atoms with van der Waals surface area (Å²) in [4.78, 5) is 40.1. The number of carbonyl (C=O) groups excluding carboxylic acids is 2. The van der Waals surface area contributed by atoms with E-state index in [0.29, 0.717) is 29.8 Å². The standard InChI is InChI=1S/C33H29NO4/c1-32(2)26(20-11-13-21(14-12-20)31(37)38)15-17-33(3)19-34(18-16-27(32)33)30(36)25-10-6-9-24-28(25)22-7-4-5-8-23(22)29(24)35/h4-16H,17-19H2,1-3H3,(H,37,38)/t33-/m0/s1. The van der Waals surface area contributed by atoms with E-state index in [0.717, 1.165) is 23.1 Å². The number of carbonyl (C=O) groups is 3. The van der Waals surface area contributed by atoms with Crippen LogP contribution in [0.25, 0.3) is 16.7 Å². The number of ketones is 1. The quantitative estimate of drug-likeness (QED) is 0.324. The number of carboxylic acids is 1. The third-order valence-electron chi connectivity index (χ3n) is 8.52. The molecule has 0 radical (unpaired) electrons. The largest absolute Gasteiger partial charge is 0.478 e. The summed E-state index contributed by atoms with van der Waals surface area (Å²) in [7, 11) is 0. The van der Waals surface area contributed by atoms with Crippen LogP contribution in [0.1, 0.15) is 69.4 Å². The Hall–Kier alpha value is -4.25. The van der Waals surface area contributed by atoms with Crippen LogP contribution < -0.4 is 0 Å². The Labute approximate surface area is 222 Å². The van der Waals surface area contributed by atoms with E-state index in [4.69, 9.17) is 0 Å². The molecule has 6 rings (SSSR count). The van der Waals surface area contributed by atoms with Crippen LogP contribution in [0, 0.1) is 10.8 Å². The van der Waals surface area contributed by atoms with Gasteiger partial charge in [-0.1, -0.05) is 87.0 Å². The molecule has 0 fully saturated rings. The van der Waals surface area contributed by atoms with Crippen molar-refractivity contribution in [2.45, 2.75) is 27.2 Å². The van der Waals surface area contributed by atoms with Crippen molar-refractivity contribution in [3.8, 4) is 11.1 Å². The van der Waals surface area contributed by atoms with E-state index in [1.165, 1.54) is 11.1 Å². The van der Waals surface area contributed by atoms with Crippen LogP contribution in [0.2, 0.25) is 0 Å². The number of rotatable bonds is 3. The van der Waals surface area contributed by atoms with E-state index in [9.17, 15) is 19.5 Å². The Bertz CT molecular complexity index is 1590. The van der Waals surface area contributed by atoms with Gasteiger partial charge in [-0.15, -0.1) is 0 Å². The van der Waals surface area contributed by atoms with Gasteiger partial charge in [-0.2, -0.15) is 0 Å². The Morgan fingerprint density at radius 1 is 0.842 bits per heavy atom. The summed E-state index contributed by atoms with van der Waals surface area (Å²) in [6.45, 7) is 7.71. The van der Waals surface area contributed by atoms with Crippen molar-refractivity contribution in [3.05, 3.63) is 112 Å². The van der Waals surface area contributed by atoms with Crippen LogP contribution in [0.3, 0.4) is 0 Å². The summed E-state index contributed by atoms with van der Waals surface area (Å²) < 4.78 is 0. The van der Waals surface area contributed by atoms with Gasteiger partial charge in [-0.05, 0) is 41.3 Å². The SMILES string of the molecule is CC1(C)C(c2ccc(C(=O)O)cc2)=CC[C@@]2(C)CN(C(=O)c3cccc4c3-c3ccccc3C4=O)CC=C12. The zero-order chi connectivity index (χ0) is 26.8. The smallest absolute Gasteiger partial charge is 0.335 e. The van der Waals surface area contributed by atoms with E-state index in [1.807, 2.05) is 53.4 Å². The van der Waals surface area contributed by atoms with Crippen LogP contribution >= 0.6 is 0 Å². The van der Waals surface area contributed by atoms with Crippen LogP contribution in [0.4, 0.5) is 0 Å². The summed E-state index contributed by atoms with van der Waals surface area (Å²) in [5.41, 5.74) is 6.66. The number of nitrogens with zero attached hydrogens (tertiary/aromatic N) is 1. The molecule has 3 aromatic rings. The fourth-order valence-electron chi connectivity index (χ4n) is 6.78. The normalized spacial score (nSPS) is 21.1. The zero-order valence-electron chi connectivity index (χ0n) is 21.7. The van der Waals surface area contributed by atoms with Crippen LogP contribution in [-0.4, -0.2) is 40.8 Å². The molecule has 2 aliphatic carbocycles. The second-order valence-electron chi connectivity index (χ2n) is 11.3. The summed E-state index contributed by atoms with van der Waals surface area (Å²) in [5.74, 6) is -1.02. The van der Waals surface area contributed by atoms with Gasteiger partial charge in [0, 0.05) is 46.2 Å².